The number of benzene rings is 2. The number of hydrogen-bond acceptors (Lipinski definition) is 4. The summed E-state index contributed by atoms with van der Waals surface area (Å²) in [6, 6.07) is 17.8. The van der Waals surface area contributed by atoms with E-state index in [1.165, 1.54) is 17.5 Å². The van der Waals surface area contributed by atoms with Crippen LogP contribution in [0.3, 0.4) is 0 Å². The highest BCUT2D eigenvalue weighted by Crippen LogP contribution is 2.23. The van der Waals surface area contributed by atoms with Gasteiger partial charge in [0.2, 0.25) is 6.23 Å². The van der Waals surface area contributed by atoms with Gasteiger partial charge in [0.05, 0.1) is 0 Å². The summed E-state index contributed by atoms with van der Waals surface area (Å²) in [5.41, 5.74) is 2.23. The van der Waals surface area contributed by atoms with Crippen molar-refractivity contribution >= 4 is 6.34 Å². The van der Waals surface area contributed by atoms with E-state index >= 15 is 0 Å². The molecule has 5 nitrogen and oxygen atoms in total. The van der Waals surface area contributed by atoms with Crippen LogP contribution >= 0.6 is 0 Å². The molecule has 138 valence electrons. The highest BCUT2D eigenvalue weighted by Gasteiger charge is 2.24. The van der Waals surface area contributed by atoms with Gasteiger partial charge in [0, 0.05) is 6.20 Å². The molecule has 0 bridgehead atoms. The van der Waals surface area contributed by atoms with Crippen LogP contribution in [-0.2, 0) is 0 Å². The summed E-state index contributed by atoms with van der Waals surface area (Å²) in [4.78, 5) is 3.90. The van der Waals surface area contributed by atoms with E-state index < -0.39 is 12.3 Å². The zero-order chi connectivity index (χ0) is 18.8. The molecule has 2 unspecified atom stereocenters. The molecular weight excluding hydrogens is 326 g/mol. The Bertz CT molecular complexity index is 686. The number of ether oxygens (including phenoxy) is 1. The number of nitrogens with zero attached hydrogens (tertiary/aromatic N) is 2. The maximum Gasteiger partial charge on any atom is 0.212 e. The first-order valence-corrected chi connectivity index (χ1v) is 8.83. The second-order valence-corrected chi connectivity index (χ2v) is 6.00. The van der Waals surface area contributed by atoms with E-state index in [1.54, 1.807) is 0 Å². The summed E-state index contributed by atoms with van der Waals surface area (Å²) in [7, 11) is 0. The predicted molar refractivity (Wildman–Crippen MR) is 107 cm³/mol. The monoisotopic (exact) mass is 353 g/mol. The second-order valence-electron chi connectivity index (χ2n) is 6.00. The van der Waals surface area contributed by atoms with Gasteiger partial charge >= 0.3 is 0 Å². The number of aliphatic hydroxyl groups is 1. The normalized spacial score (nSPS) is 13.3. The molecule has 0 radical (unpaired) electrons. The van der Waals surface area contributed by atoms with Crippen molar-refractivity contribution in [2.24, 2.45) is 10.8 Å². The number of aliphatic imine (C=N–C) groups is 1. The lowest BCUT2D eigenvalue weighted by Crippen LogP contribution is -2.50. The van der Waals surface area contributed by atoms with Crippen molar-refractivity contribution in [3.05, 3.63) is 67.4 Å². The molecule has 2 aromatic carbocycles. The van der Waals surface area contributed by atoms with Gasteiger partial charge in [-0.05, 0) is 29.7 Å². The van der Waals surface area contributed by atoms with Gasteiger partial charge in [-0.2, -0.15) is 0 Å². The third kappa shape index (κ3) is 5.72. The van der Waals surface area contributed by atoms with E-state index in [2.05, 4.69) is 30.6 Å². The number of aliphatic hydroxyl groups excluding tert-OH is 1. The predicted octanol–water partition coefficient (Wildman–Crippen LogP) is 3.96. The van der Waals surface area contributed by atoms with Gasteiger partial charge in [0.25, 0.3) is 0 Å². The van der Waals surface area contributed by atoms with Crippen LogP contribution in [-0.4, -0.2) is 28.8 Å². The van der Waals surface area contributed by atoms with Gasteiger partial charge in [-0.15, -0.1) is 0 Å². The Morgan fingerprint density at radius 2 is 1.81 bits per heavy atom. The largest absolute Gasteiger partial charge is 0.466 e. The Kier molecular flexibility index (Phi) is 7.86. The molecule has 0 aliphatic rings. The van der Waals surface area contributed by atoms with Crippen LogP contribution in [0.25, 0.3) is 11.1 Å². The second kappa shape index (κ2) is 10.4. The van der Waals surface area contributed by atoms with Crippen LogP contribution in [0.15, 0.2) is 72.4 Å². The summed E-state index contributed by atoms with van der Waals surface area (Å²) in [5, 5.41) is 11.7. The van der Waals surface area contributed by atoms with Crippen LogP contribution in [0.1, 0.15) is 26.2 Å². The highest BCUT2D eigenvalue weighted by molar-refractivity contribution is 5.64. The van der Waals surface area contributed by atoms with E-state index in [-0.39, 0.29) is 0 Å². The quantitative estimate of drug-likeness (QED) is 0.223. The number of hydrazine groups is 1. The average molecular weight is 353 g/mol. The van der Waals surface area contributed by atoms with Crippen molar-refractivity contribution in [1.29, 1.82) is 0 Å². The first-order valence-electron chi connectivity index (χ1n) is 8.83. The molecule has 0 amide bonds. The summed E-state index contributed by atoms with van der Waals surface area (Å²) in [6.45, 7) is 5.60. The fraction of sp³-hybridized carbons (Fsp3) is 0.286. The molecule has 0 saturated carbocycles. The van der Waals surface area contributed by atoms with Crippen LogP contribution in [0.5, 0.6) is 5.75 Å². The van der Waals surface area contributed by atoms with Gasteiger partial charge < -0.3 is 9.84 Å². The molecule has 0 spiro atoms. The van der Waals surface area contributed by atoms with E-state index in [0.717, 1.165) is 24.0 Å². The topological polar surface area (TPSA) is 71.1 Å². The molecule has 0 saturated heterocycles. The lowest BCUT2D eigenvalue weighted by atomic mass is 10.1. The summed E-state index contributed by atoms with van der Waals surface area (Å²) in [5.74, 6) is 6.63. The maximum atomic E-state index is 10.5. The van der Waals surface area contributed by atoms with Crippen molar-refractivity contribution in [1.82, 2.24) is 5.01 Å². The Labute approximate surface area is 155 Å². The molecule has 2 rings (SSSR count). The number of hydrogen-bond donors (Lipinski definition) is 2. The number of nitrogens with two attached hydrogens (primary N) is 1. The van der Waals surface area contributed by atoms with Crippen LogP contribution in [0, 0.1) is 0 Å². The lowest BCUT2D eigenvalue weighted by Gasteiger charge is -2.30. The first-order chi connectivity index (χ1) is 12.7. The summed E-state index contributed by atoms with van der Waals surface area (Å²) in [6.07, 6.45) is 3.79. The molecule has 2 aromatic rings. The Balaban J connectivity index is 2.13. The third-order valence-electron chi connectivity index (χ3n) is 4.00. The molecule has 0 heterocycles. The molecule has 0 aliphatic carbocycles. The van der Waals surface area contributed by atoms with Gasteiger partial charge in [0.1, 0.15) is 18.2 Å². The van der Waals surface area contributed by atoms with E-state index in [4.69, 9.17) is 10.6 Å². The minimum absolute atomic E-state index is 0.596. The van der Waals surface area contributed by atoms with Gasteiger partial charge in [-0.1, -0.05) is 68.8 Å². The molecule has 0 aliphatic heterocycles. The summed E-state index contributed by atoms with van der Waals surface area (Å²) >= 11 is 0. The smallest absolute Gasteiger partial charge is 0.212 e. The van der Waals surface area contributed by atoms with Gasteiger partial charge in [-0.25, -0.2) is 10.8 Å². The van der Waals surface area contributed by atoms with E-state index in [1.807, 2.05) is 42.5 Å². The van der Waals surface area contributed by atoms with Crippen LogP contribution in [0.2, 0.25) is 0 Å². The highest BCUT2D eigenvalue weighted by atomic mass is 16.5. The molecular formula is C21H27N3O2. The fourth-order valence-corrected chi connectivity index (χ4v) is 2.58. The van der Waals surface area contributed by atoms with Crippen molar-refractivity contribution in [3.8, 4) is 16.9 Å². The Morgan fingerprint density at radius 3 is 2.42 bits per heavy atom. The van der Waals surface area contributed by atoms with Crippen LogP contribution in [0.4, 0.5) is 0 Å². The van der Waals surface area contributed by atoms with Crippen molar-refractivity contribution in [2.45, 2.75) is 38.5 Å². The number of rotatable bonds is 10. The molecule has 0 aromatic heterocycles. The molecule has 2 atom stereocenters. The minimum atomic E-state index is -0.731. The molecule has 5 heteroatoms. The zero-order valence-electron chi connectivity index (χ0n) is 15.2. The van der Waals surface area contributed by atoms with Crippen molar-refractivity contribution in [3.63, 3.8) is 0 Å². The molecule has 3 N–H and O–H groups in total. The SMILES string of the molecule is C=CN=CN(N)C(Oc1ccc(-c2ccccc2)cc1)C(O)CCCC. The van der Waals surface area contributed by atoms with Crippen LogP contribution < -0.4 is 10.6 Å². The fourth-order valence-electron chi connectivity index (χ4n) is 2.58. The molecule has 0 fully saturated rings. The van der Waals surface area contributed by atoms with Crippen molar-refractivity contribution < 1.29 is 9.84 Å². The zero-order valence-corrected chi connectivity index (χ0v) is 15.2. The van der Waals surface area contributed by atoms with E-state index in [0.29, 0.717) is 12.2 Å². The van der Waals surface area contributed by atoms with Gasteiger partial charge in [0.15, 0.2) is 0 Å². The Morgan fingerprint density at radius 1 is 1.15 bits per heavy atom. The first kappa shape index (κ1) is 19.7. The maximum absolute atomic E-state index is 10.5. The van der Waals surface area contributed by atoms with Gasteiger partial charge in [-0.3, -0.25) is 5.01 Å². The summed E-state index contributed by atoms with van der Waals surface area (Å²) < 4.78 is 5.95. The van der Waals surface area contributed by atoms with E-state index in [9.17, 15) is 5.11 Å². The number of unbranched alkanes of at least 4 members (excludes halogenated alkanes) is 1. The minimum Gasteiger partial charge on any atom is -0.466 e. The van der Waals surface area contributed by atoms with Crippen molar-refractivity contribution in [2.75, 3.05) is 0 Å². The lowest BCUT2D eigenvalue weighted by molar-refractivity contribution is -0.0380. The third-order valence-corrected chi connectivity index (χ3v) is 4.00. The molecule has 26 heavy (non-hydrogen) atoms. The average Bonchev–Trinajstić information content (AvgIpc) is 2.69. The standard InChI is InChI=1S/C21H27N3O2/c1-3-5-11-20(25)21(24(22)16-23-4-2)26-19-14-12-18(13-15-19)17-9-7-6-8-10-17/h4,6-10,12-16,20-21,25H,2-3,5,11,22H2,1H3. The Hall–Kier alpha value is -2.63.